The van der Waals surface area contributed by atoms with Crippen molar-refractivity contribution in [2.75, 3.05) is 59.3 Å². The second-order valence-corrected chi connectivity index (χ2v) is 17.1. The Bertz CT molecular complexity index is 2400. The van der Waals surface area contributed by atoms with Gasteiger partial charge in [0.25, 0.3) is 17.7 Å². The molecule has 1 fully saturated rings. The number of hydrogen-bond donors (Lipinski definition) is 4. The van der Waals surface area contributed by atoms with Crippen LogP contribution in [0.2, 0.25) is 5.02 Å². The highest BCUT2D eigenvalue weighted by atomic mass is 35.5. The molecule has 1 saturated heterocycles. The molecule has 7 rings (SSSR count). The minimum Gasteiger partial charge on any atom is -0.483 e. The van der Waals surface area contributed by atoms with Gasteiger partial charge in [-0.05, 0) is 76.4 Å². The third-order valence-electron chi connectivity index (χ3n) is 11.0. The minimum atomic E-state index is -1.10. The number of ether oxygens (including phenoxy) is 4. The lowest BCUT2D eigenvalue weighted by molar-refractivity contribution is -0.136. The van der Waals surface area contributed by atoms with Crippen molar-refractivity contribution >= 4 is 58.2 Å². The van der Waals surface area contributed by atoms with Crippen molar-refractivity contribution in [3.8, 4) is 10.8 Å². The number of halogens is 1. The maximum absolute atomic E-state index is 13.2. The van der Waals surface area contributed by atoms with Crippen molar-refractivity contribution in [3.05, 3.63) is 91.8 Å². The maximum atomic E-state index is 13.2. The van der Waals surface area contributed by atoms with Gasteiger partial charge in [-0.3, -0.25) is 49.1 Å². The number of fused-ring (bicyclic) bond motifs is 4. The molecule has 2 aromatic heterocycles. The van der Waals surface area contributed by atoms with Crippen LogP contribution in [0.4, 0.5) is 0 Å². The van der Waals surface area contributed by atoms with Gasteiger partial charge < -0.3 is 29.4 Å². The van der Waals surface area contributed by atoms with Crippen LogP contribution in [-0.2, 0) is 28.6 Å². The summed E-state index contributed by atoms with van der Waals surface area (Å²) in [6.45, 7) is 9.04. The fraction of sp³-hybridized carbons (Fsp3) is 0.455. The lowest BCUT2D eigenvalue weighted by atomic mass is 9.99. The molecule has 0 aliphatic carbocycles. The van der Waals surface area contributed by atoms with Crippen molar-refractivity contribution in [1.82, 2.24) is 35.6 Å². The van der Waals surface area contributed by atoms with Gasteiger partial charge in [0, 0.05) is 53.6 Å². The number of aliphatic hydroxyl groups is 1. The fourth-order valence-electron chi connectivity index (χ4n) is 7.63. The third-order valence-corrected chi connectivity index (χ3v) is 12.4. The first-order chi connectivity index (χ1) is 30.9. The summed E-state index contributed by atoms with van der Waals surface area (Å²) >= 11 is 7.91. The summed E-state index contributed by atoms with van der Waals surface area (Å²) < 4.78 is 24.6. The highest BCUT2D eigenvalue weighted by molar-refractivity contribution is 7.15. The average Bonchev–Trinajstić information content (AvgIpc) is 3.85. The normalized spacial score (nSPS) is 17.4. The van der Waals surface area contributed by atoms with Gasteiger partial charge in [0.1, 0.15) is 34.9 Å². The number of aliphatic imine (C=N–C) groups is 1. The largest absolute Gasteiger partial charge is 0.483 e. The summed E-state index contributed by atoms with van der Waals surface area (Å²) in [6, 6.07) is 10.6. The monoisotopic (exact) mass is 918 g/mol. The molecule has 2 aromatic carbocycles. The number of hydrogen-bond acceptors (Lipinski definition) is 15. The number of amides is 5. The molecule has 5 amide bonds. The van der Waals surface area contributed by atoms with Gasteiger partial charge >= 0.3 is 0 Å². The zero-order chi connectivity index (χ0) is 45.3. The van der Waals surface area contributed by atoms with Crippen LogP contribution >= 0.6 is 22.9 Å². The fourth-order valence-corrected chi connectivity index (χ4v) is 8.97. The Morgan fingerprint density at radius 2 is 1.62 bits per heavy atom. The van der Waals surface area contributed by atoms with Gasteiger partial charge in [-0.2, -0.15) is 0 Å². The van der Waals surface area contributed by atoms with E-state index in [9.17, 15) is 29.1 Å². The van der Waals surface area contributed by atoms with Crippen molar-refractivity contribution < 1.29 is 48.0 Å². The molecule has 3 aliphatic heterocycles. The zero-order valence-electron chi connectivity index (χ0n) is 35.8. The number of thiophene rings is 1. The number of piperidine rings is 1. The van der Waals surface area contributed by atoms with Crippen LogP contribution in [0, 0.1) is 20.8 Å². The van der Waals surface area contributed by atoms with Crippen LogP contribution < -0.4 is 20.7 Å². The first-order valence-electron chi connectivity index (χ1n) is 21.2. The molecule has 4 aromatic rings. The van der Waals surface area contributed by atoms with Crippen LogP contribution in [0.5, 0.6) is 5.75 Å². The van der Waals surface area contributed by atoms with Gasteiger partial charge in [-0.15, -0.1) is 21.5 Å². The van der Waals surface area contributed by atoms with E-state index in [1.807, 2.05) is 31.2 Å². The number of nitrogens with zero attached hydrogens (tertiary/aromatic N) is 5. The third kappa shape index (κ3) is 10.7. The van der Waals surface area contributed by atoms with Crippen molar-refractivity contribution in [2.24, 2.45) is 4.99 Å². The Kier molecular flexibility index (Phi) is 15.7. The zero-order valence-corrected chi connectivity index (χ0v) is 37.4. The standard InChI is InChI=1S/C44H51ClN8O10S/c1-25-26(2)64-44-37(25)39(28-9-11-29(45)12-10-28)48-31(40-51-50-27(3)52(40)44)23-35(55)46-15-5-17-60-19-21-62-22-20-61-18-6-16-47-36(56)24-63-33-8-4-7-30-38(33)43(59)53(42(30)58)32-13-14-34(54)49-41(32)57/h4,7-12,31-32,35,46,55H,5-6,13-24H2,1-3H3,(H,47,56)(H,49,54,57)/t31-,32?,35?/m0/s1. The summed E-state index contributed by atoms with van der Waals surface area (Å²) in [5, 5.41) is 29.7. The highest BCUT2D eigenvalue weighted by Gasteiger charge is 2.46. The first kappa shape index (κ1) is 46.6. The van der Waals surface area contributed by atoms with E-state index in [1.54, 1.807) is 11.3 Å². The van der Waals surface area contributed by atoms with Crippen LogP contribution in [0.25, 0.3) is 5.00 Å². The average molecular weight is 919 g/mol. The van der Waals surface area contributed by atoms with E-state index in [0.717, 1.165) is 38.1 Å². The van der Waals surface area contributed by atoms with Gasteiger partial charge in [0.05, 0.1) is 43.3 Å². The molecule has 3 aliphatic rings. The Balaban J connectivity index is 0.730. The summed E-state index contributed by atoms with van der Waals surface area (Å²) in [7, 11) is 0. The Hall–Kier alpha value is -5.41. The maximum Gasteiger partial charge on any atom is 0.266 e. The van der Waals surface area contributed by atoms with Crippen LogP contribution in [0.1, 0.15) is 92.1 Å². The second-order valence-electron chi connectivity index (χ2n) is 15.4. The number of carbonyl (C=O) groups is 5. The molecule has 64 heavy (non-hydrogen) atoms. The number of carbonyl (C=O) groups excluding carboxylic acids is 5. The van der Waals surface area contributed by atoms with E-state index in [4.69, 9.17) is 35.5 Å². The van der Waals surface area contributed by atoms with Crippen molar-refractivity contribution in [3.63, 3.8) is 0 Å². The number of aryl methyl sites for hydroxylation is 2. The van der Waals surface area contributed by atoms with Crippen LogP contribution in [-0.4, -0.2) is 132 Å². The number of nitrogens with one attached hydrogen (secondary N) is 3. The van der Waals surface area contributed by atoms with Crippen molar-refractivity contribution in [2.45, 2.75) is 71.2 Å². The smallest absolute Gasteiger partial charge is 0.266 e. The molecule has 5 heterocycles. The number of benzene rings is 2. The van der Waals surface area contributed by atoms with Gasteiger partial charge in [-0.1, -0.05) is 29.8 Å². The summed E-state index contributed by atoms with van der Waals surface area (Å²) in [5.41, 5.74) is 4.00. The lowest BCUT2D eigenvalue weighted by Crippen LogP contribution is -2.54. The molecule has 20 heteroatoms. The molecular weight excluding hydrogens is 868 g/mol. The topological polar surface area (TPSA) is 225 Å². The molecule has 0 spiro atoms. The lowest BCUT2D eigenvalue weighted by Gasteiger charge is -2.27. The van der Waals surface area contributed by atoms with E-state index < -0.39 is 54.5 Å². The Morgan fingerprint density at radius 3 is 2.34 bits per heavy atom. The predicted molar refractivity (Wildman–Crippen MR) is 235 cm³/mol. The number of rotatable bonds is 22. The van der Waals surface area contributed by atoms with E-state index in [1.165, 1.54) is 23.1 Å². The molecule has 0 radical (unpaired) electrons. The Morgan fingerprint density at radius 1 is 0.922 bits per heavy atom. The first-order valence-corrected chi connectivity index (χ1v) is 22.4. The van der Waals surface area contributed by atoms with E-state index in [-0.39, 0.29) is 29.7 Å². The van der Waals surface area contributed by atoms with E-state index in [2.05, 4.69) is 44.6 Å². The predicted octanol–water partition coefficient (Wildman–Crippen LogP) is 3.52. The summed E-state index contributed by atoms with van der Waals surface area (Å²) in [6.07, 6.45) is 0.718. The van der Waals surface area contributed by atoms with E-state index in [0.29, 0.717) is 82.8 Å². The highest BCUT2D eigenvalue weighted by Crippen LogP contribution is 2.40. The molecule has 4 N–H and O–H groups in total. The SMILES string of the molecule is Cc1sc2c(c1C)C(c1ccc(Cl)cc1)=N[C@@H](CC(O)NCCCOCCOCCOCCCNC(=O)COc1cccc3c1C(=O)N(C1CCC(=O)NC1=O)C3=O)c1nnc(C)n1-2. The van der Waals surface area contributed by atoms with Gasteiger partial charge in [0.15, 0.2) is 12.4 Å². The minimum absolute atomic E-state index is 0.00920. The van der Waals surface area contributed by atoms with Crippen LogP contribution in [0.3, 0.4) is 0 Å². The molecule has 3 atom stereocenters. The van der Waals surface area contributed by atoms with E-state index >= 15 is 0 Å². The molecule has 18 nitrogen and oxygen atoms in total. The molecule has 0 bridgehead atoms. The van der Waals surface area contributed by atoms with Crippen molar-refractivity contribution in [1.29, 1.82) is 0 Å². The summed E-state index contributed by atoms with van der Waals surface area (Å²) in [4.78, 5) is 69.8. The quantitative estimate of drug-likeness (QED) is 0.0504. The van der Waals surface area contributed by atoms with Gasteiger partial charge in [-0.25, -0.2) is 0 Å². The number of aliphatic hydroxyl groups excluding tert-OH is 1. The van der Waals surface area contributed by atoms with Gasteiger partial charge in [0.2, 0.25) is 11.8 Å². The molecule has 340 valence electrons. The molecule has 0 saturated carbocycles. The molecule has 2 unspecified atom stereocenters. The Labute approximate surface area is 378 Å². The molecular formula is C44H51ClN8O10S. The van der Waals surface area contributed by atoms with Crippen LogP contribution in [0.15, 0.2) is 47.5 Å². The second kappa shape index (κ2) is 21.5. The number of aromatic nitrogens is 3. The summed E-state index contributed by atoms with van der Waals surface area (Å²) in [5.74, 6) is -1.47. The number of imide groups is 2.